The van der Waals surface area contributed by atoms with Crippen LogP contribution in [-0.4, -0.2) is 66.8 Å². The Kier molecular flexibility index (Phi) is 6.20. The van der Waals surface area contributed by atoms with E-state index in [1.807, 2.05) is 11.0 Å². The maximum atomic E-state index is 12.1. The van der Waals surface area contributed by atoms with Gasteiger partial charge < -0.3 is 14.7 Å². The van der Waals surface area contributed by atoms with Crippen molar-refractivity contribution in [1.29, 1.82) is 0 Å². The van der Waals surface area contributed by atoms with Crippen molar-refractivity contribution in [3.8, 4) is 5.75 Å². The fourth-order valence-electron chi connectivity index (χ4n) is 4.36. The van der Waals surface area contributed by atoms with E-state index >= 15 is 0 Å². The summed E-state index contributed by atoms with van der Waals surface area (Å²) in [6.07, 6.45) is 3.94. The van der Waals surface area contributed by atoms with Gasteiger partial charge in [0.1, 0.15) is 12.4 Å². The quantitative estimate of drug-likeness (QED) is 0.846. The molecule has 0 radical (unpaired) electrons. The lowest BCUT2D eigenvalue weighted by Gasteiger charge is -2.48. The third-order valence-corrected chi connectivity index (χ3v) is 6.01. The van der Waals surface area contributed by atoms with Gasteiger partial charge in [0, 0.05) is 38.0 Å². The zero-order valence-electron chi connectivity index (χ0n) is 16.2. The molecule has 1 N–H and O–H groups in total. The molecule has 0 saturated carbocycles. The molecule has 2 fully saturated rings. The Balaban J connectivity index is 1.51. The van der Waals surface area contributed by atoms with E-state index in [0.29, 0.717) is 19.6 Å². The van der Waals surface area contributed by atoms with Gasteiger partial charge in [0.25, 0.3) is 0 Å². The number of piperidine rings is 2. The molecule has 0 aromatic heterocycles. The maximum Gasteiger partial charge on any atom is 0.222 e. The smallest absolute Gasteiger partial charge is 0.222 e. The third-order valence-electron chi connectivity index (χ3n) is 6.01. The molecule has 0 bridgehead atoms. The van der Waals surface area contributed by atoms with E-state index in [9.17, 15) is 9.90 Å². The van der Waals surface area contributed by atoms with Gasteiger partial charge in [-0.15, -0.1) is 0 Å². The molecule has 5 nitrogen and oxygen atoms in total. The van der Waals surface area contributed by atoms with E-state index in [2.05, 4.69) is 30.9 Å². The molecule has 1 aromatic carbocycles. The number of benzene rings is 1. The van der Waals surface area contributed by atoms with Crippen LogP contribution < -0.4 is 4.74 Å². The van der Waals surface area contributed by atoms with Crippen LogP contribution in [0.5, 0.6) is 5.75 Å². The van der Waals surface area contributed by atoms with Gasteiger partial charge in [0.2, 0.25) is 5.91 Å². The number of amides is 1. The molecule has 144 valence electrons. The predicted molar refractivity (Wildman–Crippen MR) is 102 cm³/mol. The highest BCUT2D eigenvalue weighted by molar-refractivity contribution is 5.77. The summed E-state index contributed by atoms with van der Waals surface area (Å²) in [5.74, 6) is 1.14. The Labute approximate surface area is 156 Å². The van der Waals surface area contributed by atoms with Crippen LogP contribution in [0.3, 0.4) is 0 Å². The van der Waals surface area contributed by atoms with Gasteiger partial charge in [-0.3, -0.25) is 9.69 Å². The van der Waals surface area contributed by atoms with Crippen LogP contribution in [0.2, 0.25) is 0 Å². The number of carbonyl (C=O) groups excluding carboxylic acids is 1. The van der Waals surface area contributed by atoms with Crippen LogP contribution in [-0.2, 0) is 4.79 Å². The number of aliphatic hydroxyl groups is 1. The minimum absolute atomic E-state index is 0.0509. The molecule has 3 rings (SSSR count). The van der Waals surface area contributed by atoms with Crippen LogP contribution >= 0.6 is 0 Å². The summed E-state index contributed by atoms with van der Waals surface area (Å²) in [6, 6.07) is 6.25. The molecule has 1 spiro atoms. The lowest BCUT2D eigenvalue weighted by molar-refractivity contribution is -0.140. The zero-order valence-corrected chi connectivity index (χ0v) is 16.2. The van der Waals surface area contributed by atoms with Crippen LogP contribution in [0.25, 0.3) is 0 Å². The summed E-state index contributed by atoms with van der Waals surface area (Å²) in [4.78, 5) is 16.4. The monoisotopic (exact) mass is 360 g/mol. The first-order valence-corrected chi connectivity index (χ1v) is 9.82. The molecule has 1 aromatic rings. The molecule has 1 atom stereocenters. The Morgan fingerprint density at radius 3 is 2.77 bits per heavy atom. The fraction of sp³-hybridized carbons (Fsp3) is 0.667. The van der Waals surface area contributed by atoms with Crippen molar-refractivity contribution in [3.05, 3.63) is 29.3 Å². The number of aliphatic hydroxyl groups excluding tert-OH is 1. The first kappa shape index (κ1) is 19.2. The topological polar surface area (TPSA) is 53.0 Å². The van der Waals surface area contributed by atoms with E-state index in [0.717, 1.165) is 38.3 Å². The van der Waals surface area contributed by atoms with Gasteiger partial charge in [-0.1, -0.05) is 6.07 Å². The average Bonchev–Trinajstić information content (AvgIpc) is 2.62. The molecule has 2 heterocycles. The van der Waals surface area contributed by atoms with Gasteiger partial charge in [0.05, 0.1) is 6.61 Å². The Morgan fingerprint density at radius 2 is 2.00 bits per heavy atom. The van der Waals surface area contributed by atoms with Crippen LogP contribution in [0.15, 0.2) is 18.2 Å². The summed E-state index contributed by atoms with van der Waals surface area (Å²) < 4.78 is 5.96. The molecule has 2 saturated heterocycles. The SMILES string of the molecule is Cc1ccc(OCCN2CCC[C@@]3(CCC(=O)N(CCO)C3)C2)cc1C. The number of hydrogen-bond donors (Lipinski definition) is 1. The lowest BCUT2D eigenvalue weighted by atomic mass is 9.73. The van der Waals surface area contributed by atoms with Crippen LogP contribution in [0.1, 0.15) is 36.8 Å². The van der Waals surface area contributed by atoms with Gasteiger partial charge in [-0.25, -0.2) is 0 Å². The van der Waals surface area contributed by atoms with Crippen molar-refractivity contribution in [2.45, 2.75) is 39.5 Å². The number of aryl methyl sites for hydroxylation is 2. The second kappa shape index (κ2) is 8.40. The fourth-order valence-corrected chi connectivity index (χ4v) is 4.36. The summed E-state index contributed by atoms with van der Waals surface area (Å²) in [5, 5.41) is 9.22. The Bertz CT molecular complexity index is 634. The second-order valence-corrected chi connectivity index (χ2v) is 8.01. The number of ether oxygens (including phenoxy) is 1. The van der Waals surface area contributed by atoms with Crippen molar-refractivity contribution >= 4 is 5.91 Å². The van der Waals surface area contributed by atoms with E-state index < -0.39 is 0 Å². The number of hydrogen-bond acceptors (Lipinski definition) is 4. The highest BCUT2D eigenvalue weighted by atomic mass is 16.5. The van der Waals surface area contributed by atoms with Crippen molar-refractivity contribution in [2.75, 3.05) is 45.9 Å². The molecule has 2 aliphatic rings. The number of carbonyl (C=O) groups is 1. The molecule has 0 aliphatic carbocycles. The van der Waals surface area contributed by atoms with Crippen LogP contribution in [0.4, 0.5) is 0 Å². The number of likely N-dealkylation sites (tertiary alicyclic amines) is 2. The Hall–Kier alpha value is -1.59. The third kappa shape index (κ3) is 4.57. The van der Waals surface area contributed by atoms with E-state index in [1.54, 1.807) is 0 Å². The minimum atomic E-state index is 0.0509. The number of nitrogens with zero attached hydrogens (tertiary/aromatic N) is 2. The minimum Gasteiger partial charge on any atom is -0.492 e. The molecule has 0 unspecified atom stereocenters. The highest BCUT2D eigenvalue weighted by Gasteiger charge is 2.41. The maximum absolute atomic E-state index is 12.1. The van der Waals surface area contributed by atoms with Gasteiger partial charge in [0.15, 0.2) is 0 Å². The molecule has 26 heavy (non-hydrogen) atoms. The summed E-state index contributed by atoms with van der Waals surface area (Å²) in [7, 11) is 0. The van der Waals surface area contributed by atoms with Gasteiger partial charge in [-0.05, 0) is 62.9 Å². The van der Waals surface area contributed by atoms with Crippen molar-refractivity contribution in [3.63, 3.8) is 0 Å². The molecular weight excluding hydrogens is 328 g/mol. The van der Waals surface area contributed by atoms with E-state index in [4.69, 9.17) is 4.74 Å². The Morgan fingerprint density at radius 1 is 1.15 bits per heavy atom. The number of β-amino-alcohol motifs (C(OH)–C–C–N with tert-alkyl or cyclic N) is 1. The molecule has 5 heteroatoms. The normalized spacial score (nSPS) is 24.3. The van der Waals surface area contributed by atoms with Crippen molar-refractivity contribution < 1.29 is 14.6 Å². The zero-order chi connectivity index (χ0) is 18.6. The van der Waals surface area contributed by atoms with Gasteiger partial charge in [-0.2, -0.15) is 0 Å². The van der Waals surface area contributed by atoms with Crippen molar-refractivity contribution in [1.82, 2.24) is 9.80 Å². The number of rotatable bonds is 6. The predicted octanol–water partition coefficient (Wildman–Crippen LogP) is 2.38. The second-order valence-electron chi connectivity index (χ2n) is 8.01. The lowest BCUT2D eigenvalue weighted by Crippen LogP contribution is -2.54. The standard InChI is InChI=1S/C21H32N2O3/c1-17-4-5-19(14-18(17)2)26-13-11-22-9-3-7-21(15-22)8-6-20(25)23(16-21)10-12-24/h4-5,14,24H,3,6-13,15-16H2,1-2H3/t21-/m1/s1. The van der Waals surface area contributed by atoms with Gasteiger partial charge >= 0.3 is 0 Å². The van der Waals surface area contributed by atoms with E-state index in [-0.39, 0.29) is 17.9 Å². The molecule has 2 aliphatic heterocycles. The van der Waals surface area contributed by atoms with Crippen LogP contribution in [0, 0.1) is 19.3 Å². The molecule has 1 amide bonds. The highest BCUT2D eigenvalue weighted by Crippen LogP contribution is 2.38. The summed E-state index contributed by atoms with van der Waals surface area (Å²) in [6.45, 7) is 9.28. The average molecular weight is 360 g/mol. The molecular formula is C21H32N2O3. The first-order valence-electron chi connectivity index (χ1n) is 9.82. The summed E-state index contributed by atoms with van der Waals surface area (Å²) in [5.41, 5.74) is 2.74. The van der Waals surface area contributed by atoms with E-state index in [1.165, 1.54) is 24.0 Å². The van der Waals surface area contributed by atoms with Crippen molar-refractivity contribution in [2.24, 2.45) is 5.41 Å². The largest absolute Gasteiger partial charge is 0.492 e. The first-order chi connectivity index (χ1) is 12.5. The summed E-state index contributed by atoms with van der Waals surface area (Å²) >= 11 is 0.